The number of ether oxygens (including phenoxy) is 2. The van der Waals surface area contributed by atoms with Crippen LogP contribution in [0.3, 0.4) is 0 Å². The summed E-state index contributed by atoms with van der Waals surface area (Å²) in [6.45, 7) is 0.765. The number of nitrogens with one attached hydrogen (secondary N) is 1. The predicted molar refractivity (Wildman–Crippen MR) is 125 cm³/mol. The molecule has 6 nitrogen and oxygen atoms in total. The number of benzene rings is 2. The summed E-state index contributed by atoms with van der Waals surface area (Å²) in [5, 5.41) is 5.98. The number of thiazole rings is 1. The third-order valence-electron chi connectivity index (χ3n) is 4.61. The molecular formula is C24H20ClN3O3S. The van der Waals surface area contributed by atoms with Crippen molar-refractivity contribution in [3.8, 4) is 22.1 Å². The molecule has 0 saturated heterocycles. The number of rotatable bonds is 8. The zero-order valence-electron chi connectivity index (χ0n) is 17.2. The van der Waals surface area contributed by atoms with Gasteiger partial charge in [0.1, 0.15) is 17.3 Å². The highest BCUT2D eigenvalue weighted by Gasteiger charge is 2.14. The van der Waals surface area contributed by atoms with Crippen LogP contribution in [0.1, 0.15) is 21.6 Å². The number of nitrogens with zero attached hydrogens (tertiary/aromatic N) is 2. The number of methoxy groups -OCH3 is 1. The zero-order valence-corrected chi connectivity index (χ0v) is 18.8. The van der Waals surface area contributed by atoms with Gasteiger partial charge in [-0.05, 0) is 47.5 Å². The topological polar surface area (TPSA) is 73.3 Å². The molecule has 2 heterocycles. The lowest BCUT2D eigenvalue weighted by Crippen LogP contribution is -2.23. The maximum atomic E-state index is 12.4. The molecule has 0 atom stereocenters. The maximum absolute atomic E-state index is 12.4. The minimum atomic E-state index is -0.232. The summed E-state index contributed by atoms with van der Waals surface area (Å²) in [6, 6.07) is 16.8. The van der Waals surface area contributed by atoms with Gasteiger partial charge in [0, 0.05) is 34.9 Å². The van der Waals surface area contributed by atoms with E-state index in [0.717, 1.165) is 21.7 Å². The summed E-state index contributed by atoms with van der Waals surface area (Å²) >= 11 is 7.43. The fourth-order valence-electron chi connectivity index (χ4n) is 2.99. The Bertz CT molecular complexity index is 1210. The highest BCUT2D eigenvalue weighted by Crippen LogP contribution is 2.34. The van der Waals surface area contributed by atoms with Crippen LogP contribution in [0.4, 0.5) is 0 Å². The van der Waals surface area contributed by atoms with Crippen LogP contribution in [0.15, 0.2) is 72.4 Å². The van der Waals surface area contributed by atoms with Crippen molar-refractivity contribution in [2.75, 3.05) is 7.11 Å². The van der Waals surface area contributed by atoms with Gasteiger partial charge in [0.25, 0.3) is 5.91 Å². The fourth-order valence-corrected chi connectivity index (χ4v) is 4.00. The van der Waals surface area contributed by atoms with Gasteiger partial charge in [0.15, 0.2) is 11.5 Å². The van der Waals surface area contributed by atoms with Crippen molar-refractivity contribution >= 4 is 28.8 Å². The second-order valence-electron chi connectivity index (χ2n) is 6.87. The summed E-state index contributed by atoms with van der Waals surface area (Å²) in [5.41, 5.74) is 3.10. The Morgan fingerprint density at radius 3 is 2.75 bits per heavy atom. The molecule has 0 aliphatic heterocycles. The number of carbonyl (C=O) groups is 1. The molecule has 0 fully saturated rings. The van der Waals surface area contributed by atoms with Crippen LogP contribution in [-0.2, 0) is 13.2 Å². The van der Waals surface area contributed by atoms with Gasteiger partial charge in [0.2, 0.25) is 0 Å². The smallest absolute Gasteiger partial charge is 0.271 e. The molecule has 8 heteroatoms. The second kappa shape index (κ2) is 10.3. The number of pyridine rings is 1. The number of aromatic nitrogens is 2. The summed E-state index contributed by atoms with van der Waals surface area (Å²) in [4.78, 5) is 21.0. The number of carbonyl (C=O) groups excluding carboxylic acids is 1. The maximum Gasteiger partial charge on any atom is 0.271 e. The molecule has 32 heavy (non-hydrogen) atoms. The molecule has 0 aliphatic carbocycles. The van der Waals surface area contributed by atoms with Gasteiger partial charge in [-0.2, -0.15) is 0 Å². The first kappa shape index (κ1) is 21.8. The van der Waals surface area contributed by atoms with Crippen LogP contribution in [0.5, 0.6) is 11.5 Å². The third-order valence-corrected chi connectivity index (χ3v) is 5.73. The molecule has 1 amide bonds. The van der Waals surface area contributed by atoms with Gasteiger partial charge in [0.05, 0.1) is 7.11 Å². The average molecular weight is 466 g/mol. The van der Waals surface area contributed by atoms with Crippen LogP contribution in [0.2, 0.25) is 5.02 Å². The Morgan fingerprint density at radius 1 is 1.09 bits per heavy atom. The van der Waals surface area contributed by atoms with E-state index >= 15 is 0 Å². The Morgan fingerprint density at radius 2 is 1.97 bits per heavy atom. The molecule has 0 unspecified atom stereocenters. The van der Waals surface area contributed by atoms with Gasteiger partial charge < -0.3 is 14.8 Å². The number of halogens is 1. The Hall–Kier alpha value is -3.42. The van der Waals surface area contributed by atoms with Gasteiger partial charge in [-0.3, -0.25) is 9.78 Å². The van der Waals surface area contributed by atoms with E-state index in [-0.39, 0.29) is 5.91 Å². The molecule has 0 aliphatic rings. The minimum Gasteiger partial charge on any atom is -0.493 e. The molecule has 162 valence electrons. The van der Waals surface area contributed by atoms with E-state index in [9.17, 15) is 4.79 Å². The molecular weight excluding hydrogens is 446 g/mol. The Kier molecular flexibility index (Phi) is 6.99. The Balaban J connectivity index is 1.43. The standard InChI is InChI=1S/C24H20ClN3O3S/c1-30-22-11-18(7-8-21(22)31-14-16-4-2-6-19(25)10-16)24-28-20(15-32-24)23(29)27-13-17-5-3-9-26-12-17/h2-12,15H,13-14H2,1H3,(H,27,29). The van der Waals surface area contributed by atoms with E-state index in [1.807, 2.05) is 54.6 Å². The van der Waals surface area contributed by atoms with Crippen molar-refractivity contribution < 1.29 is 14.3 Å². The van der Waals surface area contributed by atoms with Gasteiger partial charge in [-0.1, -0.05) is 29.8 Å². The van der Waals surface area contributed by atoms with Crippen molar-refractivity contribution in [3.05, 3.63) is 94.2 Å². The molecule has 0 radical (unpaired) electrons. The average Bonchev–Trinajstić information content (AvgIpc) is 3.32. The van der Waals surface area contributed by atoms with E-state index < -0.39 is 0 Å². The van der Waals surface area contributed by atoms with Crippen LogP contribution in [-0.4, -0.2) is 23.0 Å². The van der Waals surface area contributed by atoms with E-state index in [1.54, 1.807) is 24.9 Å². The summed E-state index contributed by atoms with van der Waals surface area (Å²) in [6.07, 6.45) is 3.41. The van der Waals surface area contributed by atoms with E-state index in [2.05, 4.69) is 15.3 Å². The summed E-state index contributed by atoms with van der Waals surface area (Å²) in [7, 11) is 1.59. The molecule has 4 rings (SSSR count). The van der Waals surface area contributed by atoms with Crippen LogP contribution in [0.25, 0.3) is 10.6 Å². The fraction of sp³-hybridized carbons (Fsp3) is 0.125. The van der Waals surface area contributed by atoms with Crippen molar-refractivity contribution in [1.29, 1.82) is 0 Å². The molecule has 0 saturated carbocycles. The van der Waals surface area contributed by atoms with Gasteiger partial charge in [-0.15, -0.1) is 11.3 Å². The van der Waals surface area contributed by atoms with Crippen LogP contribution < -0.4 is 14.8 Å². The Labute approximate surface area is 194 Å². The lowest BCUT2D eigenvalue weighted by Gasteiger charge is -2.12. The molecule has 2 aromatic heterocycles. The lowest BCUT2D eigenvalue weighted by molar-refractivity contribution is 0.0946. The molecule has 0 bridgehead atoms. The van der Waals surface area contributed by atoms with Crippen molar-refractivity contribution in [3.63, 3.8) is 0 Å². The van der Waals surface area contributed by atoms with Crippen molar-refractivity contribution in [2.24, 2.45) is 0 Å². The summed E-state index contributed by atoms with van der Waals surface area (Å²) < 4.78 is 11.4. The highest BCUT2D eigenvalue weighted by molar-refractivity contribution is 7.13. The molecule has 0 spiro atoms. The van der Waals surface area contributed by atoms with Crippen LogP contribution >= 0.6 is 22.9 Å². The monoisotopic (exact) mass is 465 g/mol. The molecule has 4 aromatic rings. The van der Waals surface area contributed by atoms with Gasteiger partial charge in [-0.25, -0.2) is 4.98 Å². The lowest BCUT2D eigenvalue weighted by atomic mass is 10.2. The van der Waals surface area contributed by atoms with Crippen LogP contribution in [0, 0.1) is 0 Å². The predicted octanol–water partition coefficient (Wildman–Crippen LogP) is 5.38. The van der Waals surface area contributed by atoms with E-state index in [1.165, 1.54) is 11.3 Å². The van der Waals surface area contributed by atoms with Crippen molar-refractivity contribution in [1.82, 2.24) is 15.3 Å². The van der Waals surface area contributed by atoms with E-state index in [0.29, 0.717) is 35.4 Å². The number of hydrogen-bond acceptors (Lipinski definition) is 6. The summed E-state index contributed by atoms with van der Waals surface area (Å²) in [5.74, 6) is 0.967. The first-order valence-corrected chi connectivity index (χ1v) is 11.1. The number of amides is 1. The zero-order chi connectivity index (χ0) is 22.3. The van der Waals surface area contributed by atoms with E-state index in [4.69, 9.17) is 21.1 Å². The largest absolute Gasteiger partial charge is 0.493 e. The third kappa shape index (κ3) is 5.43. The van der Waals surface area contributed by atoms with Gasteiger partial charge >= 0.3 is 0 Å². The normalized spacial score (nSPS) is 10.6. The SMILES string of the molecule is COc1cc(-c2nc(C(=O)NCc3cccnc3)cs2)ccc1OCc1cccc(Cl)c1. The molecule has 1 N–H and O–H groups in total. The number of hydrogen-bond donors (Lipinski definition) is 1. The first-order valence-electron chi connectivity index (χ1n) is 9.80. The minimum absolute atomic E-state index is 0.232. The highest BCUT2D eigenvalue weighted by atomic mass is 35.5. The quantitative estimate of drug-likeness (QED) is 0.378. The van der Waals surface area contributed by atoms with Crippen molar-refractivity contribution in [2.45, 2.75) is 13.2 Å². The second-order valence-corrected chi connectivity index (χ2v) is 8.16. The first-order chi connectivity index (χ1) is 15.6. The molecule has 2 aromatic carbocycles.